The zero-order chi connectivity index (χ0) is 20.7. The fraction of sp³-hybridized carbons (Fsp3) is 0.318. The molecular weight excluding hydrogens is 381 g/mol. The minimum absolute atomic E-state index is 0.213. The van der Waals surface area contributed by atoms with Crippen LogP contribution in [0.4, 0.5) is 21.8 Å². The number of anilines is 3. The van der Waals surface area contributed by atoms with Gasteiger partial charge in [-0.15, -0.1) is 0 Å². The van der Waals surface area contributed by atoms with Gasteiger partial charge in [0, 0.05) is 29.3 Å². The van der Waals surface area contributed by atoms with E-state index in [4.69, 9.17) is 0 Å². The summed E-state index contributed by atoms with van der Waals surface area (Å²) in [6, 6.07) is 5.23. The first-order chi connectivity index (χ1) is 14.6. The number of benzene rings is 1. The standard InChI is InChI=1S/C22H24FN7/c1-12-6-7-16(23)21-20(12)14(13(2)27-21)8-9-24-18-10-19(26-11-25-18)28-22-15-4-3-5-17(15)29-30-22/h6-7,10-11,27H,3-5,8-9H2,1-2H3,(H3,24,25,26,28,29,30). The van der Waals surface area contributed by atoms with E-state index in [1.807, 2.05) is 26.0 Å². The number of rotatable bonds is 6. The third-order valence-corrected chi connectivity index (χ3v) is 5.82. The van der Waals surface area contributed by atoms with E-state index in [2.05, 4.69) is 35.8 Å². The lowest BCUT2D eigenvalue weighted by molar-refractivity contribution is 0.637. The van der Waals surface area contributed by atoms with Crippen molar-refractivity contribution in [1.29, 1.82) is 0 Å². The van der Waals surface area contributed by atoms with Crippen molar-refractivity contribution < 1.29 is 4.39 Å². The minimum Gasteiger partial charge on any atom is -0.370 e. The molecule has 0 unspecified atom stereocenters. The lowest BCUT2D eigenvalue weighted by Crippen LogP contribution is -2.08. The molecule has 30 heavy (non-hydrogen) atoms. The smallest absolute Gasteiger partial charge is 0.147 e. The molecule has 154 valence electrons. The average molecular weight is 405 g/mol. The van der Waals surface area contributed by atoms with Crippen LogP contribution in [-0.4, -0.2) is 31.7 Å². The highest BCUT2D eigenvalue weighted by molar-refractivity contribution is 5.88. The largest absolute Gasteiger partial charge is 0.370 e. The van der Waals surface area contributed by atoms with Crippen molar-refractivity contribution in [3.05, 3.63) is 58.4 Å². The predicted octanol–water partition coefficient (Wildman–Crippen LogP) is 4.32. The number of hydrogen-bond acceptors (Lipinski definition) is 5. The third-order valence-electron chi connectivity index (χ3n) is 5.82. The number of hydrogen-bond donors (Lipinski definition) is 4. The van der Waals surface area contributed by atoms with E-state index in [1.54, 1.807) is 0 Å². The SMILES string of the molecule is Cc1[nH]c2c(F)ccc(C)c2c1CCNc1cc(Nc2[nH]nc3c2CCC3)ncn1. The molecular formula is C22H24FN7. The van der Waals surface area contributed by atoms with Gasteiger partial charge in [-0.2, -0.15) is 5.10 Å². The molecule has 1 aliphatic rings. The molecule has 3 aromatic heterocycles. The second kappa shape index (κ2) is 7.44. The van der Waals surface area contributed by atoms with Crippen LogP contribution >= 0.6 is 0 Å². The molecule has 0 saturated carbocycles. The molecule has 0 saturated heterocycles. The summed E-state index contributed by atoms with van der Waals surface area (Å²) in [6.45, 7) is 4.68. The summed E-state index contributed by atoms with van der Waals surface area (Å²) < 4.78 is 14.2. The van der Waals surface area contributed by atoms with Crippen molar-refractivity contribution in [1.82, 2.24) is 25.1 Å². The van der Waals surface area contributed by atoms with Crippen LogP contribution in [-0.2, 0) is 19.3 Å². The first kappa shape index (κ1) is 18.6. The van der Waals surface area contributed by atoms with Gasteiger partial charge in [0.15, 0.2) is 0 Å². The molecule has 3 heterocycles. The molecule has 0 atom stereocenters. The number of halogens is 1. The van der Waals surface area contributed by atoms with E-state index in [-0.39, 0.29) is 5.82 Å². The van der Waals surface area contributed by atoms with Gasteiger partial charge in [0.2, 0.25) is 0 Å². The molecule has 0 fully saturated rings. The first-order valence-electron chi connectivity index (χ1n) is 10.3. The predicted molar refractivity (Wildman–Crippen MR) is 116 cm³/mol. The number of nitrogens with zero attached hydrogens (tertiary/aromatic N) is 3. The molecule has 0 radical (unpaired) electrons. The Kier molecular flexibility index (Phi) is 4.61. The van der Waals surface area contributed by atoms with Crippen LogP contribution in [0, 0.1) is 19.7 Å². The average Bonchev–Trinajstić information content (AvgIpc) is 3.42. The van der Waals surface area contributed by atoms with Crippen LogP contribution in [0.1, 0.15) is 34.5 Å². The van der Waals surface area contributed by atoms with E-state index in [1.165, 1.54) is 18.0 Å². The van der Waals surface area contributed by atoms with E-state index in [9.17, 15) is 4.39 Å². The van der Waals surface area contributed by atoms with Crippen molar-refractivity contribution in [2.24, 2.45) is 0 Å². The lowest BCUT2D eigenvalue weighted by atomic mass is 10.0. The van der Waals surface area contributed by atoms with Crippen LogP contribution in [0.5, 0.6) is 0 Å². The summed E-state index contributed by atoms with van der Waals surface area (Å²) in [5.74, 6) is 2.16. The summed E-state index contributed by atoms with van der Waals surface area (Å²) in [4.78, 5) is 11.8. The van der Waals surface area contributed by atoms with Gasteiger partial charge >= 0.3 is 0 Å². The molecule has 4 N–H and O–H groups in total. The summed E-state index contributed by atoms with van der Waals surface area (Å²) in [5.41, 5.74) is 6.19. The normalized spacial score (nSPS) is 13.0. The molecule has 8 heteroatoms. The van der Waals surface area contributed by atoms with Gasteiger partial charge in [0.1, 0.15) is 29.6 Å². The first-order valence-corrected chi connectivity index (χ1v) is 10.3. The van der Waals surface area contributed by atoms with Gasteiger partial charge in [-0.05, 0) is 56.7 Å². The third kappa shape index (κ3) is 3.28. The van der Waals surface area contributed by atoms with Crippen LogP contribution in [0.3, 0.4) is 0 Å². The van der Waals surface area contributed by atoms with Crippen molar-refractivity contribution in [2.75, 3.05) is 17.2 Å². The molecule has 1 aliphatic carbocycles. The Morgan fingerprint density at radius 1 is 1.13 bits per heavy atom. The summed E-state index contributed by atoms with van der Waals surface area (Å²) in [6.07, 6.45) is 5.51. The number of aromatic amines is 2. The van der Waals surface area contributed by atoms with Crippen LogP contribution in [0.2, 0.25) is 0 Å². The lowest BCUT2D eigenvalue weighted by Gasteiger charge is -2.09. The Labute approximate surface area is 173 Å². The van der Waals surface area contributed by atoms with Gasteiger partial charge in [0.25, 0.3) is 0 Å². The van der Waals surface area contributed by atoms with Crippen molar-refractivity contribution in [2.45, 2.75) is 39.5 Å². The molecule has 7 nitrogen and oxygen atoms in total. The van der Waals surface area contributed by atoms with Gasteiger partial charge in [-0.1, -0.05) is 6.07 Å². The fourth-order valence-corrected chi connectivity index (χ4v) is 4.34. The topological polar surface area (TPSA) is 94.3 Å². The number of aromatic nitrogens is 5. The molecule has 1 aromatic carbocycles. The zero-order valence-corrected chi connectivity index (χ0v) is 17.1. The Hall–Kier alpha value is -3.42. The van der Waals surface area contributed by atoms with Gasteiger partial charge in [0.05, 0.1) is 11.2 Å². The molecule has 0 spiro atoms. The maximum Gasteiger partial charge on any atom is 0.147 e. The summed E-state index contributed by atoms with van der Waals surface area (Å²) in [7, 11) is 0. The highest BCUT2D eigenvalue weighted by atomic mass is 19.1. The molecule has 5 rings (SSSR count). The molecule has 4 aromatic rings. The van der Waals surface area contributed by atoms with Gasteiger partial charge < -0.3 is 15.6 Å². The van der Waals surface area contributed by atoms with E-state index < -0.39 is 0 Å². The molecule has 0 bridgehead atoms. The molecule has 0 aliphatic heterocycles. The summed E-state index contributed by atoms with van der Waals surface area (Å²) in [5, 5.41) is 15.1. The summed E-state index contributed by atoms with van der Waals surface area (Å²) >= 11 is 0. The fourth-order valence-electron chi connectivity index (χ4n) is 4.34. The maximum atomic E-state index is 14.2. The second-order valence-corrected chi connectivity index (χ2v) is 7.81. The monoisotopic (exact) mass is 405 g/mol. The zero-order valence-electron chi connectivity index (χ0n) is 17.1. The highest BCUT2D eigenvalue weighted by Crippen LogP contribution is 2.29. The Bertz CT molecular complexity index is 1220. The van der Waals surface area contributed by atoms with Crippen molar-refractivity contribution >= 4 is 28.4 Å². The van der Waals surface area contributed by atoms with E-state index >= 15 is 0 Å². The quantitative estimate of drug-likeness (QED) is 0.383. The number of nitrogens with one attached hydrogen (secondary N) is 4. The second-order valence-electron chi connectivity index (χ2n) is 7.81. The molecule has 0 amide bonds. The van der Waals surface area contributed by atoms with Crippen molar-refractivity contribution in [3.63, 3.8) is 0 Å². The number of aryl methyl sites for hydroxylation is 3. The number of H-pyrrole nitrogens is 2. The van der Waals surface area contributed by atoms with Crippen molar-refractivity contribution in [3.8, 4) is 0 Å². The van der Waals surface area contributed by atoms with Gasteiger partial charge in [-0.3, -0.25) is 5.10 Å². The Morgan fingerprint density at radius 3 is 2.90 bits per heavy atom. The Balaban J connectivity index is 1.29. The van der Waals surface area contributed by atoms with Crippen LogP contribution < -0.4 is 10.6 Å². The van der Waals surface area contributed by atoms with Gasteiger partial charge in [-0.25, -0.2) is 14.4 Å². The Morgan fingerprint density at radius 2 is 2.00 bits per heavy atom. The van der Waals surface area contributed by atoms with Crippen LogP contribution in [0.15, 0.2) is 24.5 Å². The maximum absolute atomic E-state index is 14.2. The van der Waals surface area contributed by atoms with E-state index in [0.29, 0.717) is 17.9 Å². The minimum atomic E-state index is -0.213. The highest BCUT2D eigenvalue weighted by Gasteiger charge is 2.19. The van der Waals surface area contributed by atoms with Crippen LogP contribution in [0.25, 0.3) is 10.9 Å². The number of fused-ring (bicyclic) bond motifs is 2. The van der Waals surface area contributed by atoms with E-state index in [0.717, 1.165) is 65.2 Å².